The average molecular weight is 505 g/mol. The molecule has 0 unspecified atom stereocenters. The number of thiophene rings is 1. The summed E-state index contributed by atoms with van der Waals surface area (Å²) in [5, 5.41) is 10.2. The lowest BCUT2D eigenvalue weighted by atomic mass is 9.97. The van der Waals surface area contributed by atoms with Crippen molar-refractivity contribution in [1.29, 1.82) is 0 Å². The van der Waals surface area contributed by atoms with E-state index in [1.165, 1.54) is 22.4 Å². The number of hydrogen-bond acceptors (Lipinski definition) is 6. The molecule has 0 aliphatic carbocycles. The zero-order valence-corrected chi connectivity index (χ0v) is 19.9. The van der Waals surface area contributed by atoms with E-state index in [2.05, 4.69) is 4.98 Å². The van der Waals surface area contributed by atoms with Crippen LogP contribution in [0.1, 0.15) is 28.2 Å². The van der Waals surface area contributed by atoms with E-state index in [1.54, 1.807) is 42.5 Å². The molecule has 1 fully saturated rings. The van der Waals surface area contributed by atoms with Crippen molar-refractivity contribution in [1.82, 2.24) is 9.88 Å². The van der Waals surface area contributed by atoms with Crippen LogP contribution in [0.2, 0.25) is 5.02 Å². The van der Waals surface area contributed by atoms with Crippen molar-refractivity contribution in [3.8, 4) is 10.4 Å². The van der Waals surface area contributed by atoms with Gasteiger partial charge in [0.2, 0.25) is 0 Å². The predicted octanol–water partition coefficient (Wildman–Crippen LogP) is 4.09. The van der Waals surface area contributed by atoms with E-state index in [4.69, 9.17) is 11.6 Å². The first kappa shape index (κ1) is 23.4. The fraction of sp³-hybridized carbons (Fsp3) is 0.261. The Kier molecular flexibility index (Phi) is 6.56. The largest absolute Gasteiger partial charge is 0.481 e. The normalized spacial score (nSPS) is 20.2. The first-order chi connectivity index (χ1) is 15.7. The number of pyridine rings is 1. The molecule has 1 atom stereocenters. The highest BCUT2D eigenvalue weighted by molar-refractivity contribution is 7.92. The van der Waals surface area contributed by atoms with Crippen LogP contribution in [0.5, 0.6) is 0 Å². The Morgan fingerprint density at radius 1 is 1.09 bits per heavy atom. The zero-order valence-electron chi connectivity index (χ0n) is 17.5. The average Bonchev–Trinajstić information content (AvgIpc) is 3.24. The summed E-state index contributed by atoms with van der Waals surface area (Å²) in [6.45, 7) is 0.0879. The van der Waals surface area contributed by atoms with Gasteiger partial charge in [-0.25, -0.2) is 8.42 Å². The second kappa shape index (κ2) is 9.24. The molecule has 0 spiro atoms. The number of amides is 1. The van der Waals surface area contributed by atoms with Crippen molar-refractivity contribution in [2.75, 3.05) is 18.8 Å². The van der Waals surface area contributed by atoms with Gasteiger partial charge in [0.1, 0.15) is 10.4 Å². The Balaban J connectivity index is 1.71. The summed E-state index contributed by atoms with van der Waals surface area (Å²) in [5.74, 6) is -1.90. The molecule has 0 radical (unpaired) electrons. The van der Waals surface area contributed by atoms with Gasteiger partial charge in [0.15, 0.2) is 9.84 Å². The van der Waals surface area contributed by atoms with Crippen LogP contribution in [-0.2, 0) is 19.4 Å². The minimum Gasteiger partial charge on any atom is -0.481 e. The Bertz CT molecular complexity index is 1280. The summed E-state index contributed by atoms with van der Waals surface area (Å²) in [4.78, 5) is 31.5. The number of benzene rings is 1. The molecule has 3 aromatic rings. The molecular weight excluding hydrogens is 484 g/mol. The third kappa shape index (κ3) is 4.66. The highest BCUT2D eigenvalue weighted by atomic mass is 35.5. The van der Waals surface area contributed by atoms with Gasteiger partial charge in [-0.3, -0.25) is 14.6 Å². The quantitative estimate of drug-likeness (QED) is 0.561. The Hall–Kier alpha value is -2.75. The highest BCUT2D eigenvalue weighted by Gasteiger charge is 2.50. The molecule has 3 heterocycles. The van der Waals surface area contributed by atoms with Gasteiger partial charge in [-0.05, 0) is 48.4 Å². The summed E-state index contributed by atoms with van der Waals surface area (Å²) in [6.07, 6.45) is 0.919. The number of carboxylic acid groups (broad SMARTS) is 1. The topological polar surface area (TPSA) is 105 Å². The van der Waals surface area contributed by atoms with Crippen LogP contribution < -0.4 is 0 Å². The second-order valence-corrected chi connectivity index (χ2v) is 11.8. The lowest BCUT2D eigenvalue weighted by Gasteiger charge is -2.29. The van der Waals surface area contributed by atoms with E-state index < -0.39 is 27.0 Å². The van der Waals surface area contributed by atoms with Crippen molar-refractivity contribution in [2.24, 2.45) is 0 Å². The summed E-state index contributed by atoms with van der Waals surface area (Å²) in [5.41, 5.74) is 1.08. The molecular formula is C23H21ClN2O5S2. The molecule has 1 saturated heterocycles. The van der Waals surface area contributed by atoms with E-state index >= 15 is 0 Å². The number of aliphatic carboxylic acids is 1. The highest BCUT2D eigenvalue weighted by Crippen LogP contribution is 2.45. The van der Waals surface area contributed by atoms with Crippen molar-refractivity contribution in [3.63, 3.8) is 0 Å². The molecule has 1 N–H and O–H groups in total. The molecule has 172 valence electrons. The number of sulfone groups is 1. The van der Waals surface area contributed by atoms with Gasteiger partial charge >= 0.3 is 5.97 Å². The third-order valence-corrected chi connectivity index (χ3v) is 10.0. The predicted molar refractivity (Wildman–Crippen MR) is 127 cm³/mol. The summed E-state index contributed by atoms with van der Waals surface area (Å²) in [7, 11) is -3.90. The SMILES string of the molecule is O=C(O)C[C@]1(c2ccc(-c3ccc(Cl)cc3)s2)CCN(C(=O)c2ccccn2)CCS1(=O)=O. The zero-order chi connectivity index (χ0) is 23.6. The van der Waals surface area contributed by atoms with Crippen LogP contribution in [-0.4, -0.2) is 54.1 Å². The van der Waals surface area contributed by atoms with E-state index in [9.17, 15) is 23.1 Å². The Morgan fingerprint density at radius 3 is 2.52 bits per heavy atom. The van der Waals surface area contributed by atoms with Crippen LogP contribution in [0.4, 0.5) is 0 Å². The smallest absolute Gasteiger partial charge is 0.305 e. The number of hydrogen-bond donors (Lipinski definition) is 1. The first-order valence-corrected chi connectivity index (χ1v) is 13.1. The number of halogens is 1. The van der Waals surface area contributed by atoms with Crippen molar-refractivity contribution in [3.05, 3.63) is 76.4 Å². The maximum Gasteiger partial charge on any atom is 0.305 e. The fourth-order valence-corrected chi connectivity index (χ4v) is 7.75. The van der Waals surface area contributed by atoms with E-state index in [0.717, 1.165) is 10.4 Å². The van der Waals surface area contributed by atoms with E-state index in [0.29, 0.717) is 9.90 Å². The minimum absolute atomic E-state index is 0.0131. The molecule has 33 heavy (non-hydrogen) atoms. The standard InChI is InChI=1S/C23H21ClN2O5S2/c24-17-6-4-16(5-7-17)19-8-9-20(32-19)23(15-21(27)28)10-12-26(13-14-33(23,30)31)22(29)18-3-1-2-11-25-18/h1-9,11H,10,12-15H2,(H,27,28)/t23-/m0/s1. The van der Waals surface area contributed by atoms with Crippen LogP contribution in [0.15, 0.2) is 60.8 Å². The molecule has 0 bridgehead atoms. The van der Waals surface area contributed by atoms with Gasteiger partial charge in [0, 0.05) is 34.1 Å². The van der Waals surface area contributed by atoms with Crippen molar-refractivity contribution >= 4 is 44.7 Å². The number of carbonyl (C=O) groups is 2. The Morgan fingerprint density at radius 2 is 1.85 bits per heavy atom. The van der Waals surface area contributed by atoms with Crippen LogP contribution in [0.3, 0.4) is 0 Å². The van der Waals surface area contributed by atoms with Crippen LogP contribution in [0.25, 0.3) is 10.4 Å². The van der Waals surface area contributed by atoms with Gasteiger partial charge in [0.05, 0.1) is 12.2 Å². The molecule has 7 nitrogen and oxygen atoms in total. The molecule has 1 aliphatic rings. The molecule has 1 aliphatic heterocycles. The van der Waals surface area contributed by atoms with E-state index in [1.807, 2.05) is 12.1 Å². The summed E-state index contributed by atoms with van der Waals surface area (Å²) < 4.78 is 25.4. The Labute approximate surface area is 200 Å². The first-order valence-electron chi connectivity index (χ1n) is 10.2. The summed E-state index contributed by atoms with van der Waals surface area (Å²) in [6, 6.07) is 15.6. The number of nitrogens with zero attached hydrogens (tertiary/aromatic N) is 2. The molecule has 0 saturated carbocycles. The minimum atomic E-state index is -3.90. The number of aromatic nitrogens is 1. The molecule has 1 aromatic carbocycles. The maximum atomic E-state index is 13.5. The van der Waals surface area contributed by atoms with Gasteiger partial charge in [-0.2, -0.15) is 0 Å². The molecule has 1 amide bonds. The monoisotopic (exact) mass is 504 g/mol. The van der Waals surface area contributed by atoms with Crippen molar-refractivity contribution in [2.45, 2.75) is 17.6 Å². The number of rotatable bonds is 5. The van der Waals surface area contributed by atoms with Gasteiger partial charge in [0.25, 0.3) is 5.91 Å². The molecule has 2 aromatic heterocycles. The van der Waals surface area contributed by atoms with Crippen LogP contribution >= 0.6 is 22.9 Å². The lowest BCUT2D eigenvalue weighted by molar-refractivity contribution is -0.137. The number of carbonyl (C=O) groups excluding carboxylic acids is 1. The van der Waals surface area contributed by atoms with Crippen LogP contribution in [0, 0.1) is 0 Å². The number of carboxylic acids is 1. The lowest BCUT2D eigenvalue weighted by Crippen LogP contribution is -2.39. The third-order valence-electron chi connectivity index (χ3n) is 5.80. The van der Waals surface area contributed by atoms with Gasteiger partial charge < -0.3 is 10.0 Å². The molecule has 10 heteroatoms. The van der Waals surface area contributed by atoms with Gasteiger partial charge in [-0.1, -0.05) is 29.8 Å². The maximum absolute atomic E-state index is 13.5. The fourth-order valence-electron chi connectivity index (χ4n) is 4.02. The molecule has 4 rings (SSSR count). The second-order valence-electron chi connectivity index (χ2n) is 7.81. The van der Waals surface area contributed by atoms with Crippen molar-refractivity contribution < 1.29 is 23.1 Å². The van der Waals surface area contributed by atoms with E-state index in [-0.39, 0.29) is 36.9 Å². The van der Waals surface area contributed by atoms with Gasteiger partial charge in [-0.15, -0.1) is 11.3 Å². The summed E-state index contributed by atoms with van der Waals surface area (Å²) >= 11 is 7.22.